The van der Waals surface area contributed by atoms with Crippen molar-refractivity contribution in [2.45, 2.75) is 19.1 Å². The molecule has 0 amide bonds. The van der Waals surface area contributed by atoms with Gasteiger partial charge in [-0.05, 0) is 6.92 Å². The van der Waals surface area contributed by atoms with Crippen LogP contribution in [0.3, 0.4) is 0 Å². The van der Waals surface area contributed by atoms with Gasteiger partial charge < -0.3 is 5.11 Å². The molecule has 6 nitrogen and oxygen atoms in total. The number of hydrogen-bond donors (Lipinski definition) is 2. The quantitative estimate of drug-likeness (QED) is 0.590. The summed E-state index contributed by atoms with van der Waals surface area (Å²) < 4.78 is 25.4. The molecule has 0 aromatic rings. The highest BCUT2D eigenvalue weighted by Crippen LogP contribution is 2.04. The number of aliphatic hydroxyl groups is 1. The van der Waals surface area contributed by atoms with Crippen molar-refractivity contribution in [2.75, 3.05) is 27.7 Å². The van der Waals surface area contributed by atoms with E-state index in [1.807, 2.05) is 0 Å². The van der Waals surface area contributed by atoms with Crippen molar-refractivity contribution in [2.24, 2.45) is 0 Å². The minimum absolute atomic E-state index is 0.0586. The summed E-state index contributed by atoms with van der Waals surface area (Å²) in [6.07, 6.45) is -0.748. The molecule has 2 N–H and O–H groups in total. The molecule has 92 valence electrons. The molecular weight excluding hydrogens is 237 g/mol. The zero-order chi connectivity index (χ0) is 12.2. The summed E-state index contributed by atoms with van der Waals surface area (Å²) in [5, 5.41) is 12.4. The average molecular weight is 257 g/mol. The van der Waals surface area contributed by atoms with E-state index in [1.54, 1.807) is 6.92 Å². The van der Waals surface area contributed by atoms with E-state index in [0.717, 1.165) is 8.61 Å². The average Bonchev–Trinajstić information content (AvgIpc) is 2.15. The molecule has 0 fully saturated rings. The van der Waals surface area contributed by atoms with Gasteiger partial charge in [-0.3, -0.25) is 5.09 Å². The van der Waals surface area contributed by atoms with Crippen LogP contribution in [0.1, 0.15) is 6.92 Å². The highest BCUT2D eigenvalue weighted by Gasteiger charge is 2.24. The summed E-state index contributed by atoms with van der Waals surface area (Å²) in [4.78, 5) is 0. The molecule has 0 heterocycles. The Labute approximate surface area is 94.1 Å². The van der Waals surface area contributed by atoms with Crippen LogP contribution in [0.5, 0.6) is 0 Å². The Morgan fingerprint density at radius 3 is 2.20 bits per heavy atom. The molecular formula is C7H20N3O3PS. The molecule has 0 bridgehead atoms. The van der Waals surface area contributed by atoms with Gasteiger partial charge in [0.1, 0.15) is 0 Å². The molecule has 8 heteroatoms. The van der Waals surface area contributed by atoms with E-state index < -0.39 is 16.3 Å². The highest BCUT2D eigenvalue weighted by molar-refractivity contribution is 7.86. The molecule has 0 aromatic heterocycles. The van der Waals surface area contributed by atoms with Gasteiger partial charge in [0.15, 0.2) is 0 Å². The number of rotatable bonds is 6. The molecule has 0 saturated heterocycles. The molecule has 3 atom stereocenters. The number of nitrogens with zero attached hydrogens (tertiary/aromatic N) is 2. The van der Waals surface area contributed by atoms with E-state index in [2.05, 4.69) is 14.5 Å². The summed E-state index contributed by atoms with van der Waals surface area (Å²) in [6, 6.07) is -0.185. The van der Waals surface area contributed by atoms with E-state index in [1.165, 1.54) is 21.1 Å². The lowest BCUT2D eigenvalue weighted by atomic mass is 10.2. The fourth-order valence-corrected chi connectivity index (χ4v) is 2.03. The van der Waals surface area contributed by atoms with Gasteiger partial charge in [-0.25, -0.2) is 0 Å². The van der Waals surface area contributed by atoms with Crippen molar-refractivity contribution >= 4 is 19.6 Å². The fraction of sp³-hybridized carbons (Fsp3) is 1.00. The van der Waals surface area contributed by atoms with Crippen molar-refractivity contribution in [1.82, 2.24) is 13.7 Å². The first-order chi connectivity index (χ1) is 6.73. The fourth-order valence-electron chi connectivity index (χ4n) is 0.906. The SMILES string of the molecule is C[C@H](NP)[C@H](O)CN(C)S(=O)(=O)N(C)C. The second kappa shape index (κ2) is 6.08. The van der Waals surface area contributed by atoms with Crippen molar-refractivity contribution in [3.63, 3.8) is 0 Å². The molecule has 0 aliphatic carbocycles. The number of aliphatic hydroxyl groups excluding tert-OH is 1. The van der Waals surface area contributed by atoms with Crippen LogP contribution in [0.2, 0.25) is 0 Å². The van der Waals surface area contributed by atoms with Crippen LogP contribution in [0.25, 0.3) is 0 Å². The number of nitrogens with one attached hydrogen (secondary N) is 1. The minimum Gasteiger partial charge on any atom is -0.390 e. The van der Waals surface area contributed by atoms with Crippen LogP contribution >= 0.6 is 9.39 Å². The molecule has 15 heavy (non-hydrogen) atoms. The summed E-state index contributed by atoms with van der Waals surface area (Å²) >= 11 is 0. The Hall–Kier alpha value is 0.220. The van der Waals surface area contributed by atoms with Gasteiger partial charge in [0.25, 0.3) is 10.2 Å². The molecule has 1 unspecified atom stereocenters. The van der Waals surface area contributed by atoms with Crippen LogP contribution in [0, 0.1) is 0 Å². The monoisotopic (exact) mass is 257 g/mol. The second-order valence-electron chi connectivity index (χ2n) is 3.59. The maximum atomic E-state index is 11.6. The Morgan fingerprint density at radius 1 is 1.40 bits per heavy atom. The van der Waals surface area contributed by atoms with Crippen LogP contribution in [0.4, 0.5) is 0 Å². The summed E-state index contributed by atoms with van der Waals surface area (Å²) in [5.74, 6) is 0. The predicted octanol–water partition coefficient (Wildman–Crippen LogP) is -1.15. The third kappa shape index (κ3) is 4.30. The summed E-state index contributed by atoms with van der Waals surface area (Å²) in [5.41, 5.74) is 0. The zero-order valence-electron chi connectivity index (χ0n) is 9.51. The van der Waals surface area contributed by atoms with E-state index in [4.69, 9.17) is 0 Å². The molecule has 0 saturated carbocycles. The topological polar surface area (TPSA) is 72.9 Å². The van der Waals surface area contributed by atoms with E-state index in [0.29, 0.717) is 0 Å². The first-order valence-electron chi connectivity index (χ1n) is 4.51. The summed E-state index contributed by atoms with van der Waals surface area (Å²) in [7, 11) is 3.19. The number of likely N-dealkylation sites (N-methyl/N-ethyl adjacent to an activating group) is 1. The largest absolute Gasteiger partial charge is 0.390 e. The zero-order valence-corrected chi connectivity index (χ0v) is 11.5. The Kier molecular flexibility index (Phi) is 6.17. The van der Waals surface area contributed by atoms with E-state index >= 15 is 0 Å². The maximum Gasteiger partial charge on any atom is 0.281 e. The van der Waals surface area contributed by atoms with Crippen LogP contribution in [-0.2, 0) is 10.2 Å². The molecule has 0 aliphatic heterocycles. The Balaban J connectivity index is 4.44. The lowest BCUT2D eigenvalue weighted by Crippen LogP contribution is -2.45. The van der Waals surface area contributed by atoms with Gasteiger partial charge in [0.05, 0.1) is 6.10 Å². The summed E-state index contributed by atoms with van der Waals surface area (Å²) in [6.45, 7) is 1.83. The van der Waals surface area contributed by atoms with Gasteiger partial charge in [0, 0.05) is 33.7 Å². The molecule has 0 spiro atoms. The van der Waals surface area contributed by atoms with Crippen molar-refractivity contribution in [3.05, 3.63) is 0 Å². The third-order valence-corrected chi connectivity index (χ3v) is 4.52. The Bertz CT molecular complexity index is 283. The van der Waals surface area contributed by atoms with Gasteiger partial charge in [0.2, 0.25) is 0 Å². The highest BCUT2D eigenvalue weighted by atomic mass is 32.2. The first-order valence-corrected chi connectivity index (χ1v) is 6.49. The van der Waals surface area contributed by atoms with E-state index in [9.17, 15) is 13.5 Å². The van der Waals surface area contributed by atoms with E-state index in [-0.39, 0.29) is 12.6 Å². The van der Waals surface area contributed by atoms with Gasteiger partial charge in [-0.2, -0.15) is 17.0 Å². The molecule has 0 radical (unpaired) electrons. The van der Waals surface area contributed by atoms with Crippen LogP contribution < -0.4 is 5.09 Å². The predicted molar refractivity (Wildman–Crippen MR) is 63.6 cm³/mol. The van der Waals surface area contributed by atoms with Crippen LogP contribution in [0.15, 0.2) is 0 Å². The normalized spacial score (nSPS) is 17.1. The minimum atomic E-state index is -3.44. The second-order valence-corrected chi connectivity index (χ2v) is 6.18. The molecule has 0 aromatic carbocycles. The third-order valence-electron chi connectivity index (χ3n) is 2.14. The van der Waals surface area contributed by atoms with Gasteiger partial charge in [-0.15, -0.1) is 0 Å². The maximum absolute atomic E-state index is 11.6. The first kappa shape index (κ1) is 15.2. The van der Waals surface area contributed by atoms with Crippen molar-refractivity contribution < 1.29 is 13.5 Å². The Morgan fingerprint density at radius 2 is 1.87 bits per heavy atom. The van der Waals surface area contributed by atoms with Crippen LogP contribution in [-0.4, -0.2) is 62.0 Å². The smallest absolute Gasteiger partial charge is 0.281 e. The molecule has 0 aliphatic rings. The number of hydrogen-bond acceptors (Lipinski definition) is 4. The van der Waals surface area contributed by atoms with Gasteiger partial charge >= 0.3 is 0 Å². The lowest BCUT2D eigenvalue weighted by Gasteiger charge is -2.26. The lowest BCUT2D eigenvalue weighted by molar-refractivity contribution is 0.125. The van der Waals surface area contributed by atoms with Crippen molar-refractivity contribution in [1.29, 1.82) is 0 Å². The standard InChI is InChI=1S/C7H20N3O3PS/c1-6(8-14)7(11)5-10(4)15(12,13)9(2)3/h6-8,11H,5,14H2,1-4H3/t6-,7+/m0/s1. The van der Waals surface area contributed by atoms with Crippen molar-refractivity contribution in [3.8, 4) is 0 Å². The van der Waals surface area contributed by atoms with Gasteiger partial charge in [-0.1, -0.05) is 9.39 Å². The molecule has 0 rings (SSSR count).